The number of benzene rings is 1. The first-order valence-corrected chi connectivity index (χ1v) is 5.94. The number of aromatic nitrogens is 1. The lowest BCUT2D eigenvalue weighted by molar-refractivity contribution is 0.0697. The summed E-state index contributed by atoms with van der Waals surface area (Å²) in [6.45, 7) is 0. The minimum Gasteiger partial charge on any atom is -0.494 e. The zero-order chi connectivity index (χ0) is 15.6. The third kappa shape index (κ3) is 2.92. The summed E-state index contributed by atoms with van der Waals surface area (Å²) in [5.41, 5.74) is -0.519. The van der Waals surface area contributed by atoms with Crippen LogP contribution in [0.15, 0.2) is 41.2 Å². The van der Waals surface area contributed by atoms with E-state index in [9.17, 15) is 19.5 Å². The van der Waals surface area contributed by atoms with Gasteiger partial charge in [-0.25, -0.2) is 4.79 Å². The maximum Gasteiger partial charge on any atom is 0.337 e. The summed E-state index contributed by atoms with van der Waals surface area (Å²) in [4.78, 5) is 37.9. The van der Waals surface area contributed by atoms with Gasteiger partial charge in [0.25, 0.3) is 11.5 Å². The number of carbonyl (C=O) groups is 2. The van der Waals surface area contributed by atoms with Crippen LogP contribution in [0.5, 0.6) is 5.88 Å². The van der Waals surface area contributed by atoms with Crippen molar-refractivity contribution in [3.8, 4) is 5.88 Å². The number of carboxylic acids is 1. The second kappa shape index (κ2) is 5.49. The lowest BCUT2D eigenvalue weighted by Gasteiger charge is -2.19. The van der Waals surface area contributed by atoms with Gasteiger partial charge in [0.1, 0.15) is 0 Å². The molecular weight excluding hydrogens is 276 g/mol. The van der Waals surface area contributed by atoms with E-state index in [4.69, 9.17) is 5.11 Å². The summed E-state index contributed by atoms with van der Waals surface area (Å²) in [6, 6.07) is 8.13. The largest absolute Gasteiger partial charge is 0.494 e. The lowest BCUT2D eigenvalue weighted by Crippen LogP contribution is -2.28. The predicted octanol–water partition coefficient (Wildman–Crippen LogP) is 1.06. The van der Waals surface area contributed by atoms with Crippen LogP contribution in [-0.2, 0) is 0 Å². The fourth-order valence-electron chi connectivity index (χ4n) is 1.90. The topological polar surface area (TPSA) is 111 Å². The van der Waals surface area contributed by atoms with Gasteiger partial charge in [-0.3, -0.25) is 14.6 Å². The summed E-state index contributed by atoms with van der Waals surface area (Å²) in [5, 5.41) is 18.4. The van der Waals surface area contributed by atoms with Crippen molar-refractivity contribution in [3.05, 3.63) is 57.9 Å². The number of aromatic hydroxyl groups is 1. The summed E-state index contributed by atoms with van der Waals surface area (Å²) < 4.78 is 0. The number of carbonyl (C=O) groups excluding carboxylic acids is 1. The standard InChI is InChI=1S/C14H12N2O5/c1-16(10-5-3-2-4-9(10)14(20)21)13(19)8-6-11(17)15-12(18)7-8/h2-7H,1H3,(H,20,21)(H2,15,17,18). The fraction of sp³-hybridized carbons (Fsp3) is 0.0714. The van der Waals surface area contributed by atoms with Crippen LogP contribution in [0.1, 0.15) is 20.7 Å². The number of aromatic carboxylic acids is 1. The van der Waals surface area contributed by atoms with Crippen molar-refractivity contribution in [1.82, 2.24) is 4.98 Å². The average molecular weight is 288 g/mol. The van der Waals surface area contributed by atoms with Crippen LogP contribution in [0, 0.1) is 0 Å². The highest BCUT2D eigenvalue weighted by Gasteiger charge is 2.19. The van der Waals surface area contributed by atoms with Gasteiger partial charge in [0.2, 0.25) is 0 Å². The van der Waals surface area contributed by atoms with Crippen molar-refractivity contribution >= 4 is 17.6 Å². The molecule has 0 radical (unpaired) electrons. The minimum absolute atomic E-state index is 0.0394. The SMILES string of the molecule is CN(C(=O)c1cc(O)[nH]c(=O)c1)c1ccccc1C(=O)O. The van der Waals surface area contributed by atoms with E-state index < -0.39 is 23.3 Å². The molecule has 1 aromatic carbocycles. The van der Waals surface area contributed by atoms with Gasteiger partial charge in [0.15, 0.2) is 5.88 Å². The van der Waals surface area contributed by atoms with Gasteiger partial charge in [-0.2, -0.15) is 0 Å². The van der Waals surface area contributed by atoms with E-state index in [2.05, 4.69) is 4.98 Å². The first-order chi connectivity index (χ1) is 9.90. The van der Waals surface area contributed by atoms with E-state index in [1.807, 2.05) is 0 Å². The molecule has 0 bridgehead atoms. The van der Waals surface area contributed by atoms with E-state index in [-0.39, 0.29) is 16.8 Å². The van der Waals surface area contributed by atoms with Crippen molar-refractivity contribution in [2.45, 2.75) is 0 Å². The average Bonchev–Trinajstić information content (AvgIpc) is 2.44. The monoisotopic (exact) mass is 288 g/mol. The highest BCUT2D eigenvalue weighted by atomic mass is 16.4. The Morgan fingerprint density at radius 2 is 1.86 bits per heavy atom. The molecule has 108 valence electrons. The fourth-order valence-corrected chi connectivity index (χ4v) is 1.90. The molecule has 1 amide bonds. The Kier molecular flexibility index (Phi) is 3.75. The highest BCUT2D eigenvalue weighted by molar-refractivity contribution is 6.09. The van der Waals surface area contributed by atoms with Crippen LogP contribution in [-0.4, -0.2) is 34.1 Å². The number of carboxylic acid groups (broad SMARTS) is 1. The van der Waals surface area contributed by atoms with Crippen molar-refractivity contribution in [2.24, 2.45) is 0 Å². The molecule has 0 aliphatic carbocycles. The van der Waals surface area contributed by atoms with Crippen molar-refractivity contribution in [3.63, 3.8) is 0 Å². The molecule has 1 heterocycles. The Morgan fingerprint density at radius 1 is 1.19 bits per heavy atom. The van der Waals surface area contributed by atoms with Crippen molar-refractivity contribution in [1.29, 1.82) is 0 Å². The molecule has 0 spiro atoms. The van der Waals surface area contributed by atoms with Crippen LogP contribution in [0.25, 0.3) is 0 Å². The van der Waals surface area contributed by atoms with E-state index in [1.165, 1.54) is 19.2 Å². The number of para-hydroxylation sites is 1. The minimum atomic E-state index is -1.17. The summed E-state index contributed by atoms with van der Waals surface area (Å²) in [6.07, 6.45) is 0. The molecule has 0 unspecified atom stereocenters. The number of amides is 1. The molecule has 0 aliphatic heterocycles. The van der Waals surface area contributed by atoms with Crippen LogP contribution < -0.4 is 10.5 Å². The molecule has 0 aliphatic rings. The Labute approximate surface area is 119 Å². The normalized spacial score (nSPS) is 10.1. The molecule has 0 saturated carbocycles. The maximum atomic E-state index is 12.3. The molecule has 0 saturated heterocycles. The van der Waals surface area contributed by atoms with Crippen LogP contribution >= 0.6 is 0 Å². The van der Waals surface area contributed by atoms with Gasteiger partial charge < -0.3 is 15.1 Å². The maximum absolute atomic E-state index is 12.3. The number of rotatable bonds is 3. The van der Waals surface area contributed by atoms with Gasteiger partial charge in [0.05, 0.1) is 16.8 Å². The number of hydrogen-bond donors (Lipinski definition) is 3. The quantitative estimate of drug-likeness (QED) is 0.782. The predicted molar refractivity (Wildman–Crippen MR) is 74.9 cm³/mol. The third-order valence-electron chi connectivity index (χ3n) is 2.88. The Morgan fingerprint density at radius 3 is 2.48 bits per heavy atom. The van der Waals surface area contributed by atoms with E-state index in [0.29, 0.717) is 0 Å². The van der Waals surface area contributed by atoms with Crippen LogP contribution in [0.2, 0.25) is 0 Å². The number of hydrogen-bond acceptors (Lipinski definition) is 4. The van der Waals surface area contributed by atoms with Crippen molar-refractivity contribution in [2.75, 3.05) is 11.9 Å². The zero-order valence-corrected chi connectivity index (χ0v) is 11.0. The molecule has 1 aromatic heterocycles. The second-order valence-electron chi connectivity index (χ2n) is 4.30. The number of anilines is 1. The molecule has 21 heavy (non-hydrogen) atoms. The van der Waals surface area contributed by atoms with Crippen LogP contribution in [0.4, 0.5) is 5.69 Å². The van der Waals surface area contributed by atoms with E-state index >= 15 is 0 Å². The Bertz CT molecular complexity index is 766. The molecular formula is C14H12N2O5. The molecule has 2 rings (SSSR count). The molecule has 0 atom stereocenters. The summed E-state index contributed by atoms with van der Waals surface area (Å²) in [5.74, 6) is -2.21. The Balaban J connectivity index is 2.44. The number of nitrogens with zero attached hydrogens (tertiary/aromatic N) is 1. The molecule has 0 fully saturated rings. The Hall–Kier alpha value is -3.09. The number of aromatic amines is 1. The van der Waals surface area contributed by atoms with Gasteiger partial charge in [-0.15, -0.1) is 0 Å². The van der Waals surface area contributed by atoms with E-state index in [0.717, 1.165) is 17.0 Å². The first-order valence-electron chi connectivity index (χ1n) is 5.94. The lowest BCUT2D eigenvalue weighted by atomic mass is 10.1. The van der Waals surface area contributed by atoms with Gasteiger partial charge in [0, 0.05) is 19.2 Å². The molecule has 7 nitrogen and oxygen atoms in total. The molecule has 3 N–H and O–H groups in total. The van der Waals surface area contributed by atoms with Gasteiger partial charge in [-0.05, 0) is 12.1 Å². The smallest absolute Gasteiger partial charge is 0.337 e. The van der Waals surface area contributed by atoms with Crippen LogP contribution in [0.3, 0.4) is 0 Å². The summed E-state index contributed by atoms with van der Waals surface area (Å²) >= 11 is 0. The van der Waals surface area contributed by atoms with Gasteiger partial charge >= 0.3 is 5.97 Å². The van der Waals surface area contributed by atoms with E-state index in [1.54, 1.807) is 12.1 Å². The molecule has 7 heteroatoms. The van der Waals surface area contributed by atoms with Crippen molar-refractivity contribution < 1.29 is 19.8 Å². The number of pyridine rings is 1. The zero-order valence-electron chi connectivity index (χ0n) is 11.0. The van der Waals surface area contributed by atoms with Gasteiger partial charge in [-0.1, -0.05) is 12.1 Å². The molecule has 2 aromatic rings. The first kappa shape index (κ1) is 14.3. The third-order valence-corrected chi connectivity index (χ3v) is 2.88. The number of nitrogens with one attached hydrogen (secondary N) is 1. The highest BCUT2D eigenvalue weighted by Crippen LogP contribution is 2.21. The number of H-pyrrole nitrogens is 1. The summed E-state index contributed by atoms with van der Waals surface area (Å²) in [7, 11) is 1.39. The second-order valence-corrected chi connectivity index (χ2v) is 4.30.